The lowest BCUT2D eigenvalue weighted by Crippen LogP contribution is -2.28. The molecule has 2 atom stereocenters. The summed E-state index contributed by atoms with van der Waals surface area (Å²) >= 11 is 3.30. The molecule has 6 nitrogen and oxygen atoms in total. The number of nitrogens with zero attached hydrogens (tertiary/aromatic N) is 3. The Bertz CT molecular complexity index is 841. The number of phenolic OH excluding ortho intramolecular Hbond substituents is 1. The molecule has 0 bridgehead atoms. The monoisotopic (exact) mass is 404 g/mol. The molecule has 0 aliphatic carbocycles. The van der Waals surface area contributed by atoms with Gasteiger partial charge in [-0.2, -0.15) is 5.26 Å². The average Bonchev–Trinajstić information content (AvgIpc) is 3.00. The van der Waals surface area contributed by atoms with Crippen molar-refractivity contribution in [3.05, 3.63) is 44.9 Å². The highest BCUT2D eigenvalue weighted by molar-refractivity contribution is 9.10. The summed E-state index contributed by atoms with van der Waals surface area (Å²) in [6, 6.07) is 5.00. The van der Waals surface area contributed by atoms with Gasteiger partial charge in [0, 0.05) is 20.1 Å². The molecule has 1 aromatic carbocycles. The fourth-order valence-electron chi connectivity index (χ4n) is 3.40. The Morgan fingerprint density at radius 1 is 1.56 bits per heavy atom. The number of halogens is 1. The number of hydrogen-bond acceptors (Lipinski definition) is 5. The van der Waals surface area contributed by atoms with Crippen molar-refractivity contribution < 1.29 is 9.84 Å². The summed E-state index contributed by atoms with van der Waals surface area (Å²) in [4.78, 5) is 4.77. The van der Waals surface area contributed by atoms with E-state index < -0.39 is 6.04 Å². The van der Waals surface area contributed by atoms with Gasteiger partial charge in [0.1, 0.15) is 17.6 Å². The van der Waals surface area contributed by atoms with Gasteiger partial charge in [0.25, 0.3) is 0 Å². The highest BCUT2D eigenvalue weighted by Crippen LogP contribution is 2.34. The van der Waals surface area contributed by atoms with Crippen molar-refractivity contribution in [2.24, 2.45) is 5.73 Å². The first-order chi connectivity index (χ1) is 12.0. The molecule has 1 aliphatic heterocycles. The Morgan fingerprint density at radius 2 is 2.32 bits per heavy atom. The van der Waals surface area contributed by atoms with Crippen LogP contribution in [0.1, 0.15) is 47.7 Å². The summed E-state index contributed by atoms with van der Waals surface area (Å²) in [5.74, 6) is 0.936. The molecular weight excluding hydrogens is 384 g/mol. The van der Waals surface area contributed by atoms with Crippen molar-refractivity contribution in [3.63, 3.8) is 0 Å². The van der Waals surface area contributed by atoms with Gasteiger partial charge in [0.2, 0.25) is 0 Å². The quantitative estimate of drug-likeness (QED) is 0.816. The molecular formula is C18H21BrN4O2. The molecule has 0 saturated heterocycles. The minimum Gasteiger partial charge on any atom is -0.505 e. The molecule has 0 spiro atoms. The van der Waals surface area contributed by atoms with Crippen LogP contribution in [0.3, 0.4) is 0 Å². The number of methoxy groups -OCH3 is 1. The van der Waals surface area contributed by atoms with Crippen LogP contribution in [0, 0.1) is 11.3 Å². The summed E-state index contributed by atoms with van der Waals surface area (Å²) in [6.07, 6.45) is 2.67. The zero-order valence-corrected chi connectivity index (χ0v) is 15.9. The molecule has 3 N–H and O–H groups in total. The van der Waals surface area contributed by atoms with E-state index in [-0.39, 0.29) is 17.4 Å². The van der Waals surface area contributed by atoms with Gasteiger partial charge in [-0.15, -0.1) is 0 Å². The van der Waals surface area contributed by atoms with Gasteiger partial charge in [-0.3, -0.25) is 0 Å². The third kappa shape index (κ3) is 3.17. The molecule has 0 saturated carbocycles. The number of aromatic hydroxyl groups is 1. The highest BCUT2D eigenvalue weighted by atomic mass is 79.9. The van der Waals surface area contributed by atoms with E-state index in [1.807, 2.05) is 6.07 Å². The van der Waals surface area contributed by atoms with Crippen LogP contribution in [0.4, 0.5) is 0 Å². The second-order valence-electron chi connectivity index (χ2n) is 6.20. The number of benzene rings is 1. The Labute approximate surface area is 155 Å². The van der Waals surface area contributed by atoms with Crippen LogP contribution in [0.15, 0.2) is 16.6 Å². The van der Waals surface area contributed by atoms with Crippen LogP contribution in [-0.2, 0) is 24.1 Å². The lowest BCUT2D eigenvalue weighted by Gasteiger charge is -2.25. The summed E-state index contributed by atoms with van der Waals surface area (Å²) < 4.78 is 8.13. The molecule has 0 amide bonds. The van der Waals surface area contributed by atoms with E-state index in [4.69, 9.17) is 15.5 Å². The third-order valence-electron chi connectivity index (χ3n) is 4.78. The topological polar surface area (TPSA) is 97.1 Å². The van der Waals surface area contributed by atoms with Crippen LogP contribution in [0.5, 0.6) is 5.75 Å². The smallest absolute Gasteiger partial charge is 0.147 e. The number of rotatable bonds is 4. The van der Waals surface area contributed by atoms with Gasteiger partial charge in [-0.05, 0) is 46.5 Å². The van der Waals surface area contributed by atoms with E-state index >= 15 is 0 Å². The summed E-state index contributed by atoms with van der Waals surface area (Å²) in [5.41, 5.74) is 9.50. The van der Waals surface area contributed by atoms with Gasteiger partial charge in [0.05, 0.1) is 33.6 Å². The van der Waals surface area contributed by atoms with Crippen LogP contribution in [0.2, 0.25) is 0 Å². The van der Waals surface area contributed by atoms with E-state index in [2.05, 4.69) is 27.4 Å². The first-order valence-electron chi connectivity index (χ1n) is 8.29. The van der Waals surface area contributed by atoms with Crippen molar-refractivity contribution in [2.45, 2.75) is 44.9 Å². The molecule has 2 aromatic rings. The SMILES string of the molecule is CCc1nc2n(c1C(N)c1cc(Br)c(O)c(C#N)c1)CCC(OC)C2. The van der Waals surface area contributed by atoms with E-state index in [9.17, 15) is 10.4 Å². The van der Waals surface area contributed by atoms with Gasteiger partial charge < -0.3 is 20.1 Å². The van der Waals surface area contributed by atoms with Crippen molar-refractivity contribution in [1.29, 1.82) is 5.26 Å². The fourth-order valence-corrected chi connectivity index (χ4v) is 3.88. The molecule has 2 unspecified atom stereocenters. The predicted molar refractivity (Wildman–Crippen MR) is 97.3 cm³/mol. The number of phenols is 1. The zero-order valence-electron chi connectivity index (χ0n) is 14.3. The molecule has 0 radical (unpaired) electrons. The third-order valence-corrected chi connectivity index (χ3v) is 5.38. The minimum atomic E-state index is -0.417. The Morgan fingerprint density at radius 3 is 2.96 bits per heavy atom. The number of aryl methyl sites for hydroxylation is 1. The molecule has 132 valence electrons. The van der Waals surface area contributed by atoms with Crippen LogP contribution < -0.4 is 5.73 Å². The highest BCUT2D eigenvalue weighted by Gasteiger charge is 2.28. The minimum absolute atomic E-state index is 0.0626. The number of ether oxygens (including phenoxy) is 1. The summed E-state index contributed by atoms with van der Waals surface area (Å²) in [6.45, 7) is 2.88. The first-order valence-corrected chi connectivity index (χ1v) is 9.08. The van der Waals surface area contributed by atoms with Crippen molar-refractivity contribution in [3.8, 4) is 11.8 Å². The molecule has 0 fully saturated rings. The number of aromatic nitrogens is 2. The molecule has 25 heavy (non-hydrogen) atoms. The van der Waals surface area contributed by atoms with Crippen LogP contribution in [0.25, 0.3) is 0 Å². The number of imidazole rings is 1. The Kier molecular flexibility index (Phi) is 5.13. The standard InChI is InChI=1S/C18H21BrN4O2/c1-3-14-17(23-5-4-12(25-2)8-15(23)22-14)16(21)10-6-11(9-20)18(24)13(19)7-10/h6-7,12,16,24H,3-5,8,21H2,1-2H3. The second kappa shape index (κ2) is 7.16. The first kappa shape index (κ1) is 17.9. The lowest BCUT2D eigenvalue weighted by molar-refractivity contribution is 0.0791. The number of nitriles is 1. The maximum Gasteiger partial charge on any atom is 0.147 e. The van der Waals surface area contributed by atoms with Gasteiger partial charge >= 0.3 is 0 Å². The van der Waals surface area contributed by atoms with Gasteiger partial charge in [-0.25, -0.2) is 4.98 Å². The molecule has 3 rings (SSSR count). The van der Waals surface area contributed by atoms with Crippen molar-refractivity contribution >= 4 is 15.9 Å². The number of nitrogens with two attached hydrogens (primary N) is 1. The van der Waals surface area contributed by atoms with Crippen LogP contribution >= 0.6 is 15.9 Å². The maximum atomic E-state index is 9.94. The Balaban J connectivity index is 2.07. The van der Waals surface area contributed by atoms with E-state index in [0.29, 0.717) is 4.47 Å². The fraction of sp³-hybridized carbons (Fsp3) is 0.444. The normalized spacial score (nSPS) is 17.8. The number of fused-ring (bicyclic) bond motifs is 1. The largest absolute Gasteiger partial charge is 0.505 e. The summed E-state index contributed by atoms with van der Waals surface area (Å²) in [7, 11) is 1.73. The van der Waals surface area contributed by atoms with Crippen molar-refractivity contribution in [2.75, 3.05) is 7.11 Å². The predicted octanol–water partition coefficient (Wildman–Crippen LogP) is 2.79. The van der Waals surface area contributed by atoms with E-state index in [0.717, 1.165) is 48.6 Å². The lowest BCUT2D eigenvalue weighted by atomic mass is 9.99. The molecule has 1 aliphatic rings. The molecule has 7 heteroatoms. The van der Waals surface area contributed by atoms with E-state index in [1.165, 1.54) is 0 Å². The molecule has 2 heterocycles. The Hall–Kier alpha value is -1.88. The molecule has 1 aromatic heterocycles. The average molecular weight is 405 g/mol. The zero-order chi connectivity index (χ0) is 18.1. The van der Waals surface area contributed by atoms with Gasteiger partial charge in [0.15, 0.2) is 0 Å². The number of hydrogen-bond donors (Lipinski definition) is 2. The van der Waals surface area contributed by atoms with Crippen LogP contribution in [-0.4, -0.2) is 27.9 Å². The maximum absolute atomic E-state index is 9.94. The van der Waals surface area contributed by atoms with E-state index in [1.54, 1.807) is 19.2 Å². The van der Waals surface area contributed by atoms with Gasteiger partial charge in [-0.1, -0.05) is 6.92 Å². The second-order valence-corrected chi connectivity index (χ2v) is 7.06. The summed E-state index contributed by atoms with van der Waals surface area (Å²) in [5, 5.41) is 19.2. The van der Waals surface area contributed by atoms with Crippen molar-refractivity contribution in [1.82, 2.24) is 9.55 Å².